The Morgan fingerprint density at radius 3 is 2.60 bits per heavy atom. The zero-order valence-electron chi connectivity index (χ0n) is 16.2. The lowest BCUT2D eigenvalue weighted by Crippen LogP contribution is -2.58. The van der Waals surface area contributed by atoms with Crippen LogP contribution in [0.3, 0.4) is 0 Å². The van der Waals surface area contributed by atoms with E-state index in [1.807, 2.05) is 11.9 Å². The number of carbonyl (C=O) groups excluding carboxylic acids is 2. The first-order valence-corrected chi connectivity index (χ1v) is 10.0. The third-order valence-electron chi connectivity index (χ3n) is 8.26. The number of fused-ring (bicyclic) bond motifs is 4. The Balaban J connectivity index is 1.69. The van der Waals surface area contributed by atoms with E-state index in [0.29, 0.717) is 30.3 Å². The van der Waals surface area contributed by atoms with Crippen molar-refractivity contribution in [2.45, 2.75) is 84.2 Å². The fraction of sp³-hybridized carbons (Fsp3) is 0.810. The summed E-state index contributed by atoms with van der Waals surface area (Å²) in [6.07, 6.45) is 8.59. The average Bonchev–Trinajstić information content (AvgIpc) is 2.88. The third-order valence-corrected chi connectivity index (χ3v) is 8.26. The van der Waals surface area contributed by atoms with Gasteiger partial charge in [-0.3, -0.25) is 9.59 Å². The summed E-state index contributed by atoms with van der Waals surface area (Å²) < 4.78 is 0. The molecule has 0 aromatic heterocycles. The van der Waals surface area contributed by atoms with E-state index in [1.54, 1.807) is 18.1 Å². The van der Waals surface area contributed by atoms with Crippen molar-refractivity contribution < 1.29 is 9.59 Å². The molecular weight excluding hydrogens is 312 g/mol. The van der Waals surface area contributed by atoms with Gasteiger partial charge in [0.1, 0.15) is 0 Å². The van der Waals surface area contributed by atoms with Gasteiger partial charge in [-0.25, -0.2) is 0 Å². The van der Waals surface area contributed by atoms with Crippen molar-refractivity contribution in [3.05, 3.63) is 11.1 Å². The van der Waals surface area contributed by atoms with Crippen molar-refractivity contribution in [3.8, 4) is 0 Å². The molecule has 0 bridgehead atoms. The van der Waals surface area contributed by atoms with Crippen LogP contribution < -0.4 is 5.32 Å². The fourth-order valence-corrected chi connectivity index (χ4v) is 6.87. The van der Waals surface area contributed by atoms with Gasteiger partial charge in [-0.2, -0.15) is 0 Å². The summed E-state index contributed by atoms with van der Waals surface area (Å²) in [5.41, 5.74) is 3.73. The highest BCUT2D eigenvalue weighted by molar-refractivity contribution is 5.77. The van der Waals surface area contributed by atoms with E-state index in [2.05, 4.69) is 19.2 Å². The van der Waals surface area contributed by atoms with E-state index in [1.165, 1.54) is 12.8 Å². The van der Waals surface area contributed by atoms with Crippen LogP contribution in [0.15, 0.2) is 11.1 Å². The number of nitrogens with one attached hydrogen (secondary N) is 1. The van der Waals surface area contributed by atoms with Crippen molar-refractivity contribution in [1.29, 1.82) is 0 Å². The summed E-state index contributed by atoms with van der Waals surface area (Å²) in [7, 11) is 2.01. The van der Waals surface area contributed by atoms with Gasteiger partial charge in [-0.1, -0.05) is 25.0 Å². The molecule has 1 saturated heterocycles. The van der Waals surface area contributed by atoms with Crippen LogP contribution in [0.1, 0.15) is 72.1 Å². The van der Waals surface area contributed by atoms with Gasteiger partial charge in [0.15, 0.2) is 0 Å². The lowest BCUT2D eigenvalue weighted by molar-refractivity contribution is -0.144. The van der Waals surface area contributed by atoms with Gasteiger partial charge in [0, 0.05) is 37.9 Å². The first-order chi connectivity index (χ1) is 11.8. The van der Waals surface area contributed by atoms with Gasteiger partial charge in [-0.05, 0) is 56.3 Å². The summed E-state index contributed by atoms with van der Waals surface area (Å²) in [5, 5.41) is 3.23. The second kappa shape index (κ2) is 5.59. The molecule has 1 N–H and O–H groups in total. The summed E-state index contributed by atoms with van der Waals surface area (Å²) >= 11 is 0. The molecular formula is C21H32N2O2. The standard InChI is InChI=1S/C21H32N2O2/c1-13(24)22-17-7-6-15-14-5-8-18-21(3,12-10-19(25)23(18)4)16(14)9-11-20(15,17)2/h16-18H,5-12H2,1-4H3,(H,22,24)/t16-,17-,18?,20-,21+/m0/s1. The molecule has 0 aromatic carbocycles. The van der Waals surface area contributed by atoms with E-state index in [-0.39, 0.29) is 16.7 Å². The molecule has 138 valence electrons. The van der Waals surface area contributed by atoms with Crippen LogP contribution in [0.25, 0.3) is 0 Å². The van der Waals surface area contributed by atoms with Gasteiger partial charge in [0.05, 0.1) is 0 Å². The molecule has 0 spiro atoms. The Kier molecular flexibility index (Phi) is 3.82. The number of allylic oxidation sites excluding steroid dienone is 1. The van der Waals surface area contributed by atoms with Crippen LogP contribution in [0, 0.1) is 16.7 Å². The van der Waals surface area contributed by atoms with Crippen molar-refractivity contribution >= 4 is 11.8 Å². The minimum atomic E-state index is 0.0997. The normalized spacial score (nSPS) is 43.4. The SMILES string of the molecule is CC(=O)N[C@H]1CCC2=C3CCC4N(C)C(=O)CC[C@]4(C)[C@H]3CC[C@@]21C. The largest absolute Gasteiger partial charge is 0.353 e. The van der Waals surface area contributed by atoms with E-state index in [9.17, 15) is 9.59 Å². The van der Waals surface area contributed by atoms with E-state index < -0.39 is 0 Å². The molecule has 0 aromatic rings. The number of amides is 2. The zero-order valence-corrected chi connectivity index (χ0v) is 16.2. The second-order valence-corrected chi connectivity index (χ2v) is 9.37. The summed E-state index contributed by atoms with van der Waals surface area (Å²) in [6, 6.07) is 0.703. The van der Waals surface area contributed by atoms with Crippen molar-refractivity contribution in [2.24, 2.45) is 16.7 Å². The molecule has 4 nitrogen and oxygen atoms in total. The van der Waals surface area contributed by atoms with E-state index >= 15 is 0 Å². The number of piperidine rings is 1. The molecule has 25 heavy (non-hydrogen) atoms. The first kappa shape index (κ1) is 17.1. The number of rotatable bonds is 1. The number of hydrogen-bond acceptors (Lipinski definition) is 2. The Morgan fingerprint density at radius 2 is 1.88 bits per heavy atom. The van der Waals surface area contributed by atoms with Gasteiger partial charge >= 0.3 is 0 Å². The minimum Gasteiger partial charge on any atom is -0.353 e. The minimum absolute atomic E-state index is 0.0997. The van der Waals surface area contributed by atoms with E-state index in [4.69, 9.17) is 0 Å². The molecule has 1 aliphatic heterocycles. The van der Waals surface area contributed by atoms with Crippen molar-refractivity contribution in [3.63, 3.8) is 0 Å². The van der Waals surface area contributed by atoms with Gasteiger partial charge in [0.2, 0.25) is 11.8 Å². The predicted molar refractivity (Wildman–Crippen MR) is 97.8 cm³/mol. The van der Waals surface area contributed by atoms with Crippen LogP contribution in [0.2, 0.25) is 0 Å². The monoisotopic (exact) mass is 344 g/mol. The highest BCUT2D eigenvalue weighted by atomic mass is 16.2. The van der Waals surface area contributed by atoms with E-state index in [0.717, 1.165) is 32.1 Å². The highest BCUT2D eigenvalue weighted by Gasteiger charge is 2.56. The quantitative estimate of drug-likeness (QED) is 0.741. The topological polar surface area (TPSA) is 49.4 Å². The Morgan fingerprint density at radius 1 is 1.12 bits per heavy atom. The molecule has 2 saturated carbocycles. The maximum atomic E-state index is 12.2. The third kappa shape index (κ3) is 2.32. The lowest BCUT2D eigenvalue weighted by atomic mass is 9.52. The van der Waals surface area contributed by atoms with Gasteiger partial charge in [-0.15, -0.1) is 0 Å². The van der Waals surface area contributed by atoms with Crippen LogP contribution in [-0.2, 0) is 9.59 Å². The predicted octanol–water partition coefficient (Wildman–Crippen LogP) is 3.42. The van der Waals surface area contributed by atoms with Crippen LogP contribution in [0.5, 0.6) is 0 Å². The van der Waals surface area contributed by atoms with Gasteiger partial charge < -0.3 is 10.2 Å². The highest BCUT2D eigenvalue weighted by Crippen LogP contribution is 2.61. The number of nitrogens with zero attached hydrogens (tertiary/aromatic N) is 1. The van der Waals surface area contributed by atoms with Crippen LogP contribution in [0.4, 0.5) is 0 Å². The molecule has 5 atom stereocenters. The average molecular weight is 344 g/mol. The molecule has 4 rings (SSSR count). The maximum absolute atomic E-state index is 12.2. The summed E-state index contributed by atoms with van der Waals surface area (Å²) in [4.78, 5) is 25.9. The van der Waals surface area contributed by atoms with Crippen molar-refractivity contribution in [2.75, 3.05) is 7.05 Å². The first-order valence-electron chi connectivity index (χ1n) is 10.0. The smallest absolute Gasteiger partial charge is 0.222 e. The molecule has 4 aliphatic rings. The maximum Gasteiger partial charge on any atom is 0.222 e. The second-order valence-electron chi connectivity index (χ2n) is 9.37. The molecule has 1 unspecified atom stereocenters. The number of carbonyl (C=O) groups is 2. The number of likely N-dealkylation sites (tertiary alicyclic amines) is 1. The molecule has 4 heteroatoms. The fourth-order valence-electron chi connectivity index (χ4n) is 6.87. The molecule has 3 aliphatic carbocycles. The Bertz CT molecular complexity index is 654. The van der Waals surface area contributed by atoms with Crippen LogP contribution in [-0.4, -0.2) is 35.8 Å². The number of hydrogen-bond donors (Lipinski definition) is 1. The molecule has 3 fully saturated rings. The molecule has 0 radical (unpaired) electrons. The van der Waals surface area contributed by atoms with Crippen molar-refractivity contribution in [1.82, 2.24) is 10.2 Å². The molecule has 1 heterocycles. The summed E-state index contributed by atoms with van der Waals surface area (Å²) in [6.45, 7) is 6.46. The molecule has 2 amide bonds. The lowest BCUT2D eigenvalue weighted by Gasteiger charge is -2.57. The summed E-state index contributed by atoms with van der Waals surface area (Å²) in [5.74, 6) is 1.05. The van der Waals surface area contributed by atoms with Crippen LogP contribution >= 0.6 is 0 Å². The van der Waals surface area contributed by atoms with Gasteiger partial charge in [0.25, 0.3) is 0 Å². The Hall–Kier alpha value is -1.32. The Labute approximate surface area is 151 Å². The zero-order chi connectivity index (χ0) is 18.0.